The monoisotopic (exact) mass is 395 g/mol. The highest BCUT2D eigenvalue weighted by Crippen LogP contribution is 2.76. The smallest absolute Gasteiger partial charge is 0.165 e. The van der Waals surface area contributed by atoms with E-state index in [2.05, 4.69) is 24.0 Å². The van der Waals surface area contributed by atoms with Crippen LogP contribution in [0.1, 0.15) is 56.6 Å². The van der Waals surface area contributed by atoms with Crippen LogP contribution in [0.15, 0.2) is 12.1 Å². The highest BCUT2D eigenvalue weighted by Gasteiger charge is 2.80. The van der Waals surface area contributed by atoms with Crippen LogP contribution in [0.4, 0.5) is 0 Å². The van der Waals surface area contributed by atoms with Crippen LogP contribution in [0.2, 0.25) is 0 Å². The first-order valence-corrected chi connectivity index (χ1v) is 11.8. The van der Waals surface area contributed by atoms with E-state index >= 15 is 0 Å². The quantitative estimate of drug-likeness (QED) is 0.773. The second-order valence-corrected chi connectivity index (χ2v) is 10.9. The van der Waals surface area contributed by atoms with Gasteiger partial charge in [0.05, 0.1) is 7.11 Å². The molecule has 0 radical (unpaired) electrons. The summed E-state index contributed by atoms with van der Waals surface area (Å²) < 4.78 is 19.2. The van der Waals surface area contributed by atoms with Crippen molar-refractivity contribution in [3.8, 4) is 11.5 Å². The second kappa shape index (κ2) is 5.31. The molecule has 0 N–H and O–H groups in total. The van der Waals surface area contributed by atoms with Crippen molar-refractivity contribution < 1.29 is 14.2 Å². The summed E-state index contributed by atoms with van der Waals surface area (Å²) in [5.74, 6) is 3.45. The summed E-state index contributed by atoms with van der Waals surface area (Å²) in [5.41, 5.74) is 3.30. The van der Waals surface area contributed by atoms with Gasteiger partial charge in [0.15, 0.2) is 11.5 Å². The molecule has 2 heterocycles. The molecule has 0 aromatic heterocycles. The minimum Gasteiger partial charge on any atom is -0.493 e. The number of piperidine rings is 1. The van der Waals surface area contributed by atoms with Gasteiger partial charge in [-0.15, -0.1) is 0 Å². The van der Waals surface area contributed by atoms with Crippen LogP contribution in [-0.4, -0.2) is 50.0 Å². The average molecular weight is 396 g/mol. The van der Waals surface area contributed by atoms with Crippen molar-refractivity contribution in [2.45, 2.75) is 75.0 Å². The number of hydrogen-bond donors (Lipinski definition) is 0. The zero-order valence-electron chi connectivity index (χ0n) is 18.0. The minimum atomic E-state index is -0.163. The highest BCUT2D eigenvalue weighted by molar-refractivity contribution is 5.63. The molecule has 1 saturated heterocycles. The van der Waals surface area contributed by atoms with E-state index in [1.54, 1.807) is 7.11 Å². The van der Waals surface area contributed by atoms with Gasteiger partial charge in [0.1, 0.15) is 11.7 Å². The molecule has 4 nitrogen and oxygen atoms in total. The van der Waals surface area contributed by atoms with E-state index in [0.717, 1.165) is 23.8 Å². The lowest BCUT2D eigenvalue weighted by Crippen LogP contribution is -2.80. The summed E-state index contributed by atoms with van der Waals surface area (Å²) in [4.78, 5) is 2.91. The average Bonchev–Trinajstić information content (AvgIpc) is 3.47. The largest absolute Gasteiger partial charge is 0.493 e. The maximum Gasteiger partial charge on any atom is 0.165 e. The number of ether oxygens (including phenoxy) is 3. The van der Waals surface area contributed by atoms with Crippen LogP contribution in [0, 0.1) is 17.3 Å². The van der Waals surface area contributed by atoms with Gasteiger partial charge in [-0.2, -0.15) is 0 Å². The van der Waals surface area contributed by atoms with Gasteiger partial charge in [-0.05, 0) is 75.0 Å². The van der Waals surface area contributed by atoms with E-state index in [0.29, 0.717) is 17.4 Å². The van der Waals surface area contributed by atoms with Crippen molar-refractivity contribution in [3.05, 3.63) is 23.3 Å². The molecule has 5 fully saturated rings. The Morgan fingerprint density at radius 1 is 1.17 bits per heavy atom. The van der Waals surface area contributed by atoms with Crippen LogP contribution in [-0.2, 0) is 16.6 Å². The van der Waals surface area contributed by atoms with Gasteiger partial charge in [-0.3, -0.25) is 4.90 Å². The maximum absolute atomic E-state index is 6.95. The normalized spacial score (nSPS) is 46.4. The predicted molar refractivity (Wildman–Crippen MR) is 111 cm³/mol. The van der Waals surface area contributed by atoms with Crippen molar-refractivity contribution in [3.63, 3.8) is 0 Å². The Kier molecular flexibility index (Phi) is 3.19. The first-order chi connectivity index (χ1) is 14.1. The molecule has 1 aromatic rings. The minimum absolute atomic E-state index is 0.107. The standard InChI is InChI=1S/C25H33NO3/c1-15-13-23-8-9-25(15,28-3)22-24(23)10-11-26(14-16-4-5-16)19(23)12-17-6-7-18(27-2)21(29-22)20(17)24/h6-7,15-16,19,22H,4-5,8-14H2,1-3H3/t15-,19-,22-,23?,24+,25-/m1/s1. The van der Waals surface area contributed by atoms with Crippen molar-refractivity contribution >= 4 is 0 Å². The van der Waals surface area contributed by atoms with Gasteiger partial charge in [-0.1, -0.05) is 13.0 Å². The molecule has 8 rings (SSSR count). The lowest BCUT2D eigenvalue weighted by atomic mass is 9.35. The van der Waals surface area contributed by atoms with Gasteiger partial charge in [-0.25, -0.2) is 0 Å². The van der Waals surface area contributed by atoms with Crippen molar-refractivity contribution in [2.24, 2.45) is 17.3 Å². The second-order valence-electron chi connectivity index (χ2n) is 10.9. The Balaban J connectivity index is 1.49. The molecular weight excluding hydrogens is 362 g/mol. The first-order valence-electron chi connectivity index (χ1n) is 11.8. The Hall–Kier alpha value is -1.26. The van der Waals surface area contributed by atoms with Gasteiger partial charge in [0.25, 0.3) is 0 Å². The topological polar surface area (TPSA) is 30.9 Å². The molecule has 4 bridgehead atoms. The van der Waals surface area contributed by atoms with Crippen molar-refractivity contribution in [1.82, 2.24) is 4.90 Å². The van der Waals surface area contributed by atoms with Crippen LogP contribution >= 0.6 is 0 Å². The van der Waals surface area contributed by atoms with Gasteiger partial charge < -0.3 is 14.2 Å². The van der Waals surface area contributed by atoms with E-state index < -0.39 is 0 Å². The van der Waals surface area contributed by atoms with Crippen molar-refractivity contribution in [1.29, 1.82) is 0 Å². The summed E-state index contributed by atoms with van der Waals surface area (Å²) in [7, 11) is 3.71. The molecule has 5 aliphatic carbocycles. The lowest BCUT2D eigenvalue weighted by molar-refractivity contribution is -0.274. The van der Waals surface area contributed by atoms with Crippen LogP contribution < -0.4 is 9.47 Å². The molecule has 1 aromatic carbocycles. The number of nitrogens with zero attached hydrogens (tertiary/aromatic N) is 1. The summed E-state index contributed by atoms with van der Waals surface area (Å²) in [6.07, 6.45) is 9.11. The fourth-order valence-electron chi connectivity index (χ4n) is 8.92. The molecule has 2 spiro atoms. The van der Waals surface area contributed by atoms with E-state index in [9.17, 15) is 0 Å². The Morgan fingerprint density at radius 3 is 2.76 bits per heavy atom. The maximum atomic E-state index is 6.95. The molecule has 2 aliphatic heterocycles. The molecule has 6 atom stereocenters. The summed E-state index contributed by atoms with van der Waals surface area (Å²) >= 11 is 0. The number of fused-ring (bicyclic) bond motifs is 2. The van der Waals surface area contributed by atoms with E-state index in [4.69, 9.17) is 14.2 Å². The molecule has 4 heteroatoms. The van der Waals surface area contributed by atoms with Crippen LogP contribution in [0.5, 0.6) is 11.5 Å². The van der Waals surface area contributed by atoms with Crippen LogP contribution in [0.3, 0.4) is 0 Å². The zero-order chi connectivity index (χ0) is 19.6. The third-order valence-corrected chi connectivity index (χ3v) is 10.2. The summed E-state index contributed by atoms with van der Waals surface area (Å²) in [6.45, 7) is 4.96. The Morgan fingerprint density at radius 2 is 2.03 bits per heavy atom. The Bertz CT molecular complexity index is 896. The van der Waals surface area contributed by atoms with Gasteiger partial charge in [0, 0.05) is 36.1 Å². The molecule has 156 valence electrons. The summed E-state index contributed by atoms with van der Waals surface area (Å²) in [6, 6.07) is 5.15. The molecule has 7 aliphatic rings. The number of likely N-dealkylation sites (tertiary alicyclic amines) is 1. The Labute approximate surface area is 173 Å². The van der Waals surface area contributed by atoms with E-state index in [1.807, 2.05) is 7.11 Å². The number of hydrogen-bond acceptors (Lipinski definition) is 4. The molecule has 4 saturated carbocycles. The molecule has 1 unspecified atom stereocenters. The predicted octanol–water partition coefficient (Wildman–Crippen LogP) is 3.94. The highest BCUT2D eigenvalue weighted by atomic mass is 16.6. The van der Waals surface area contributed by atoms with Crippen molar-refractivity contribution in [2.75, 3.05) is 27.3 Å². The summed E-state index contributed by atoms with van der Waals surface area (Å²) in [5, 5.41) is 0. The van der Waals surface area contributed by atoms with Gasteiger partial charge in [0.2, 0.25) is 0 Å². The number of methoxy groups -OCH3 is 2. The first kappa shape index (κ1) is 17.4. The van der Waals surface area contributed by atoms with Crippen LogP contribution in [0.25, 0.3) is 0 Å². The van der Waals surface area contributed by atoms with E-state index in [-0.39, 0.29) is 17.1 Å². The van der Waals surface area contributed by atoms with E-state index in [1.165, 1.54) is 62.7 Å². The third-order valence-electron chi connectivity index (χ3n) is 10.2. The molecular formula is C25H33NO3. The van der Waals surface area contributed by atoms with Gasteiger partial charge >= 0.3 is 0 Å². The zero-order valence-corrected chi connectivity index (χ0v) is 18.0. The fraction of sp³-hybridized carbons (Fsp3) is 0.760. The number of rotatable bonds is 4. The fourth-order valence-corrected chi connectivity index (χ4v) is 8.92. The third kappa shape index (κ3) is 1.75. The lowest BCUT2D eigenvalue weighted by Gasteiger charge is -2.73. The molecule has 0 amide bonds. The SMILES string of the molecule is COc1ccc2c3c1O[C@H]1[C@@]4(OC)CCC5(C[C@H]4C)[C@@H](C2)N(CC2CC2)CC[C@]315. The molecule has 29 heavy (non-hydrogen) atoms. The number of benzene rings is 1.